The molecule has 0 unspecified atom stereocenters. The minimum absolute atomic E-state index is 0.340. The first-order valence-electron chi connectivity index (χ1n) is 8.99. The van der Waals surface area contributed by atoms with Crippen LogP contribution in [-0.4, -0.2) is 26.6 Å². The van der Waals surface area contributed by atoms with E-state index in [9.17, 15) is 13.2 Å². The van der Waals surface area contributed by atoms with Crippen molar-refractivity contribution in [2.75, 3.05) is 15.9 Å². The smallest absolute Gasteiger partial charge is 0.248 e. The van der Waals surface area contributed by atoms with Crippen LogP contribution in [0.15, 0.2) is 36.4 Å². The normalized spacial score (nSPS) is 12.5. The lowest BCUT2D eigenvalue weighted by Gasteiger charge is -2.30. The second-order valence-electron chi connectivity index (χ2n) is 7.06. The SMILES string of the molecule is CC[C@H](C(=O)Nc1ccc(C)cc1C)N(c1ccc(C)c(C)c1)S(C)(=O)=O. The van der Waals surface area contributed by atoms with Crippen LogP contribution in [0.2, 0.25) is 0 Å². The first kappa shape index (κ1) is 21.0. The van der Waals surface area contributed by atoms with Gasteiger partial charge in [-0.1, -0.05) is 30.7 Å². The van der Waals surface area contributed by atoms with Crippen LogP contribution >= 0.6 is 0 Å². The number of carbonyl (C=O) groups is 1. The molecule has 0 radical (unpaired) electrons. The lowest BCUT2D eigenvalue weighted by molar-refractivity contribution is -0.117. The average molecular weight is 389 g/mol. The molecule has 5 nitrogen and oxygen atoms in total. The van der Waals surface area contributed by atoms with E-state index in [0.717, 1.165) is 28.5 Å². The summed E-state index contributed by atoms with van der Waals surface area (Å²) >= 11 is 0. The van der Waals surface area contributed by atoms with Gasteiger partial charge in [0.25, 0.3) is 0 Å². The van der Waals surface area contributed by atoms with Crippen molar-refractivity contribution in [1.82, 2.24) is 0 Å². The van der Waals surface area contributed by atoms with Crippen LogP contribution < -0.4 is 9.62 Å². The minimum atomic E-state index is -3.64. The van der Waals surface area contributed by atoms with Crippen LogP contribution in [0.3, 0.4) is 0 Å². The molecule has 2 aromatic carbocycles. The van der Waals surface area contributed by atoms with Crippen molar-refractivity contribution in [3.05, 3.63) is 58.7 Å². The fraction of sp³-hybridized carbons (Fsp3) is 0.381. The van der Waals surface area contributed by atoms with Crippen LogP contribution in [0.5, 0.6) is 0 Å². The molecule has 0 fully saturated rings. The summed E-state index contributed by atoms with van der Waals surface area (Å²) in [6.07, 6.45) is 1.49. The van der Waals surface area contributed by atoms with Gasteiger partial charge in [0.1, 0.15) is 6.04 Å². The lowest BCUT2D eigenvalue weighted by Crippen LogP contribution is -2.47. The van der Waals surface area contributed by atoms with Crippen LogP contribution in [0, 0.1) is 27.7 Å². The van der Waals surface area contributed by atoms with Gasteiger partial charge in [-0.05, 0) is 69.0 Å². The Hall–Kier alpha value is -2.34. The summed E-state index contributed by atoms with van der Waals surface area (Å²) in [4.78, 5) is 13.0. The number of hydrogen-bond acceptors (Lipinski definition) is 3. The highest BCUT2D eigenvalue weighted by Crippen LogP contribution is 2.26. The Bertz CT molecular complexity index is 952. The van der Waals surface area contributed by atoms with Gasteiger partial charge in [0.05, 0.1) is 11.9 Å². The number of nitrogens with one attached hydrogen (secondary N) is 1. The Balaban J connectivity index is 2.42. The molecular weight excluding hydrogens is 360 g/mol. The number of nitrogens with zero attached hydrogens (tertiary/aromatic N) is 1. The molecule has 2 aromatic rings. The monoisotopic (exact) mass is 388 g/mol. The molecule has 0 bridgehead atoms. The number of rotatable bonds is 6. The van der Waals surface area contributed by atoms with Crippen LogP contribution in [0.1, 0.15) is 35.6 Å². The number of anilines is 2. The summed E-state index contributed by atoms with van der Waals surface area (Å²) in [5.41, 5.74) is 5.28. The predicted molar refractivity (Wildman–Crippen MR) is 112 cm³/mol. The van der Waals surface area contributed by atoms with E-state index in [4.69, 9.17) is 0 Å². The van der Waals surface area contributed by atoms with Crippen molar-refractivity contribution in [3.8, 4) is 0 Å². The van der Waals surface area contributed by atoms with E-state index >= 15 is 0 Å². The Morgan fingerprint density at radius 3 is 2.19 bits per heavy atom. The first-order chi connectivity index (χ1) is 12.5. The molecule has 146 valence electrons. The van der Waals surface area contributed by atoms with Gasteiger partial charge in [-0.15, -0.1) is 0 Å². The number of benzene rings is 2. The first-order valence-corrected chi connectivity index (χ1v) is 10.8. The zero-order chi connectivity index (χ0) is 20.4. The molecule has 1 atom stereocenters. The summed E-state index contributed by atoms with van der Waals surface area (Å²) in [6, 6.07) is 10.3. The lowest BCUT2D eigenvalue weighted by atomic mass is 10.1. The Labute approximate surface area is 162 Å². The molecule has 0 saturated carbocycles. The third kappa shape index (κ3) is 4.89. The van der Waals surface area contributed by atoms with Gasteiger partial charge in [0.2, 0.25) is 15.9 Å². The van der Waals surface area contributed by atoms with Crippen molar-refractivity contribution in [1.29, 1.82) is 0 Å². The topological polar surface area (TPSA) is 66.5 Å². The zero-order valence-corrected chi connectivity index (χ0v) is 17.6. The Kier molecular flexibility index (Phi) is 6.31. The summed E-state index contributed by atoms with van der Waals surface area (Å²) in [6.45, 7) is 9.61. The molecule has 0 heterocycles. The fourth-order valence-corrected chi connectivity index (χ4v) is 4.30. The molecular formula is C21H28N2O3S. The number of aryl methyl sites for hydroxylation is 4. The second kappa shape index (κ2) is 8.13. The van der Waals surface area contributed by atoms with E-state index < -0.39 is 16.1 Å². The Morgan fingerprint density at radius 2 is 1.67 bits per heavy atom. The maximum Gasteiger partial charge on any atom is 0.248 e. The fourth-order valence-electron chi connectivity index (χ4n) is 3.09. The highest BCUT2D eigenvalue weighted by Gasteiger charge is 2.31. The third-order valence-corrected chi connectivity index (χ3v) is 5.89. The summed E-state index contributed by atoms with van der Waals surface area (Å²) in [5, 5.41) is 2.89. The third-order valence-electron chi connectivity index (χ3n) is 4.71. The van der Waals surface area contributed by atoms with Crippen LogP contribution in [0.4, 0.5) is 11.4 Å². The number of amides is 1. The average Bonchev–Trinajstić information content (AvgIpc) is 2.56. The van der Waals surface area contributed by atoms with Gasteiger partial charge >= 0.3 is 0 Å². The standard InChI is InChI=1S/C21H28N2O3S/c1-7-20(21(24)22-19-11-8-14(2)12-17(19)5)23(27(6,25)26)18-10-9-15(3)16(4)13-18/h8-13,20H,7H2,1-6H3,(H,22,24)/t20-/m1/s1. The van der Waals surface area contributed by atoms with E-state index in [0.29, 0.717) is 17.8 Å². The van der Waals surface area contributed by atoms with E-state index in [1.165, 1.54) is 4.31 Å². The highest BCUT2D eigenvalue weighted by molar-refractivity contribution is 7.92. The predicted octanol–water partition coefficient (Wildman–Crippen LogP) is 4.10. The summed E-state index contributed by atoms with van der Waals surface area (Å²) in [5.74, 6) is -0.340. The molecule has 0 saturated heterocycles. The van der Waals surface area contributed by atoms with Crippen molar-refractivity contribution < 1.29 is 13.2 Å². The maximum atomic E-state index is 13.0. The molecule has 0 aliphatic carbocycles. The van der Waals surface area contributed by atoms with Crippen LogP contribution in [0.25, 0.3) is 0 Å². The van der Waals surface area contributed by atoms with Gasteiger partial charge in [0.15, 0.2) is 0 Å². The van der Waals surface area contributed by atoms with E-state index in [2.05, 4.69) is 5.32 Å². The van der Waals surface area contributed by atoms with Gasteiger partial charge in [-0.2, -0.15) is 0 Å². The largest absolute Gasteiger partial charge is 0.324 e. The molecule has 1 N–H and O–H groups in total. The van der Waals surface area contributed by atoms with Crippen LogP contribution in [-0.2, 0) is 14.8 Å². The molecule has 1 amide bonds. The number of carbonyl (C=O) groups excluding carboxylic acids is 1. The van der Waals surface area contributed by atoms with Crippen molar-refractivity contribution >= 4 is 27.3 Å². The molecule has 0 spiro atoms. The van der Waals surface area contributed by atoms with E-state index in [1.807, 2.05) is 65.0 Å². The van der Waals surface area contributed by atoms with Gasteiger partial charge in [-0.25, -0.2) is 8.42 Å². The van der Waals surface area contributed by atoms with Gasteiger partial charge < -0.3 is 5.32 Å². The quantitative estimate of drug-likeness (QED) is 0.810. The van der Waals surface area contributed by atoms with E-state index in [-0.39, 0.29) is 5.91 Å². The Morgan fingerprint density at radius 1 is 1.00 bits per heavy atom. The highest BCUT2D eigenvalue weighted by atomic mass is 32.2. The molecule has 6 heteroatoms. The number of sulfonamides is 1. The molecule has 0 aliphatic heterocycles. The van der Waals surface area contributed by atoms with Crippen molar-refractivity contribution in [3.63, 3.8) is 0 Å². The van der Waals surface area contributed by atoms with Gasteiger partial charge in [-0.3, -0.25) is 9.10 Å². The number of hydrogen-bond donors (Lipinski definition) is 1. The second-order valence-corrected chi connectivity index (χ2v) is 8.92. The maximum absolute atomic E-state index is 13.0. The van der Waals surface area contributed by atoms with E-state index in [1.54, 1.807) is 6.07 Å². The summed E-state index contributed by atoms with van der Waals surface area (Å²) < 4.78 is 26.3. The molecule has 27 heavy (non-hydrogen) atoms. The zero-order valence-electron chi connectivity index (χ0n) is 16.8. The molecule has 0 aromatic heterocycles. The molecule has 2 rings (SSSR count). The van der Waals surface area contributed by atoms with Crippen molar-refractivity contribution in [2.24, 2.45) is 0 Å². The van der Waals surface area contributed by atoms with Crippen molar-refractivity contribution in [2.45, 2.75) is 47.1 Å². The molecule has 0 aliphatic rings. The summed E-state index contributed by atoms with van der Waals surface area (Å²) in [7, 11) is -3.64. The minimum Gasteiger partial charge on any atom is -0.324 e. The van der Waals surface area contributed by atoms with Gasteiger partial charge in [0, 0.05) is 5.69 Å².